The molecule has 4 aromatic rings. The molecular weight excluding hydrogens is 354 g/mol. The van der Waals surface area contributed by atoms with Crippen molar-refractivity contribution in [2.45, 2.75) is 0 Å². The van der Waals surface area contributed by atoms with E-state index < -0.39 is 0 Å². The summed E-state index contributed by atoms with van der Waals surface area (Å²) in [5, 5.41) is 5.57. The number of benzene rings is 2. The van der Waals surface area contributed by atoms with Gasteiger partial charge in [-0.05, 0) is 72.8 Å². The van der Waals surface area contributed by atoms with Gasteiger partial charge < -0.3 is 19.6 Å². The normalized spacial score (nSPS) is 10.4. The van der Waals surface area contributed by atoms with E-state index in [9.17, 15) is 9.59 Å². The van der Waals surface area contributed by atoms with Crippen LogP contribution in [-0.2, 0) is 0 Å². The predicted molar refractivity (Wildman–Crippen MR) is 107 cm³/mol. The van der Waals surface area contributed by atoms with Gasteiger partial charge in [0.1, 0.15) is 0 Å². The molecule has 0 aliphatic heterocycles. The Morgan fingerprint density at radius 2 is 1.32 bits per heavy atom. The Kier molecular flexibility index (Phi) is 4.76. The number of hydrogen-bond acceptors (Lipinski definition) is 3. The second-order valence-corrected chi connectivity index (χ2v) is 6.10. The van der Waals surface area contributed by atoms with Crippen molar-refractivity contribution in [1.82, 2.24) is 4.57 Å². The van der Waals surface area contributed by atoms with Crippen LogP contribution in [0.25, 0.3) is 5.69 Å². The third-order valence-electron chi connectivity index (χ3n) is 4.18. The number of anilines is 2. The number of carbonyl (C=O) groups excluding carboxylic acids is 2. The summed E-state index contributed by atoms with van der Waals surface area (Å²) in [7, 11) is 0. The fourth-order valence-electron chi connectivity index (χ4n) is 2.73. The molecule has 0 fully saturated rings. The summed E-state index contributed by atoms with van der Waals surface area (Å²) in [5.41, 5.74) is 2.79. The molecule has 4 rings (SSSR count). The van der Waals surface area contributed by atoms with Crippen LogP contribution in [0.1, 0.15) is 20.9 Å². The molecule has 6 nitrogen and oxygen atoms in total. The zero-order valence-corrected chi connectivity index (χ0v) is 14.8. The molecule has 0 radical (unpaired) electrons. The molecule has 28 heavy (non-hydrogen) atoms. The average Bonchev–Trinajstić information content (AvgIpc) is 3.44. The molecule has 6 heteroatoms. The van der Waals surface area contributed by atoms with Gasteiger partial charge in [0.25, 0.3) is 11.8 Å². The highest BCUT2D eigenvalue weighted by Crippen LogP contribution is 2.17. The molecule has 0 aliphatic carbocycles. The Morgan fingerprint density at radius 3 is 1.89 bits per heavy atom. The van der Waals surface area contributed by atoms with Gasteiger partial charge in [0.2, 0.25) is 0 Å². The van der Waals surface area contributed by atoms with Crippen LogP contribution in [0.15, 0.2) is 95.9 Å². The SMILES string of the molecule is O=C(Nc1ccc(NC(=O)c2ccco2)cc1)c1ccc(-n2cccc2)cc1. The fourth-order valence-corrected chi connectivity index (χ4v) is 2.73. The lowest BCUT2D eigenvalue weighted by atomic mass is 10.2. The number of nitrogens with zero attached hydrogens (tertiary/aromatic N) is 1. The van der Waals surface area contributed by atoms with Crippen molar-refractivity contribution in [1.29, 1.82) is 0 Å². The van der Waals surface area contributed by atoms with Gasteiger partial charge in [-0.3, -0.25) is 9.59 Å². The number of hydrogen-bond donors (Lipinski definition) is 2. The number of carbonyl (C=O) groups is 2. The molecule has 2 aromatic heterocycles. The topological polar surface area (TPSA) is 76.3 Å². The molecule has 0 saturated heterocycles. The van der Waals surface area contributed by atoms with Gasteiger partial charge in [0, 0.05) is 35.0 Å². The van der Waals surface area contributed by atoms with E-state index in [2.05, 4.69) is 10.6 Å². The summed E-state index contributed by atoms with van der Waals surface area (Å²) >= 11 is 0. The molecule has 2 amide bonds. The van der Waals surface area contributed by atoms with E-state index in [1.807, 2.05) is 41.2 Å². The first kappa shape index (κ1) is 17.4. The van der Waals surface area contributed by atoms with Crippen molar-refractivity contribution in [2.24, 2.45) is 0 Å². The monoisotopic (exact) mass is 371 g/mol. The van der Waals surface area contributed by atoms with E-state index >= 15 is 0 Å². The first-order chi connectivity index (χ1) is 13.7. The lowest BCUT2D eigenvalue weighted by Gasteiger charge is -2.08. The van der Waals surface area contributed by atoms with Crippen molar-refractivity contribution < 1.29 is 14.0 Å². The maximum absolute atomic E-state index is 12.4. The maximum Gasteiger partial charge on any atom is 0.291 e. The third-order valence-corrected chi connectivity index (χ3v) is 4.18. The highest BCUT2D eigenvalue weighted by molar-refractivity contribution is 6.05. The molecule has 138 valence electrons. The average molecular weight is 371 g/mol. The highest BCUT2D eigenvalue weighted by Gasteiger charge is 2.09. The Balaban J connectivity index is 1.38. The van der Waals surface area contributed by atoms with E-state index in [4.69, 9.17) is 4.42 Å². The van der Waals surface area contributed by atoms with Crippen molar-refractivity contribution >= 4 is 23.2 Å². The summed E-state index contributed by atoms with van der Waals surface area (Å²) in [6.45, 7) is 0. The number of furan rings is 1. The minimum absolute atomic E-state index is 0.202. The first-order valence-electron chi connectivity index (χ1n) is 8.69. The number of aromatic nitrogens is 1. The molecule has 0 bridgehead atoms. The van der Waals surface area contributed by atoms with Gasteiger partial charge in [0.05, 0.1) is 6.26 Å². The largest absolute Gasteiger partial charge is 0.459 e. The molecule has 0 saturated carbocycles. The smallest absolute Gasteiger partial charge is 0.291 e. The van der Waals surface area contributed by atoms with Crippen molar-refractivity contribution in [3.63, 3.8) is 0 Å². The van der Waals surface area contributed by atoms with Gasteiger partial charge in [-0.15, -0.1) is 0 Å². The Labute approximate surface area is 161 Å². The van der Waals surface area contributed by atoms with Crippen molar-refractivity contribution in [3.05, 3.63) is 103 Å². The zero-order chi connectivity index (χ0) is 19.3. The van der Waals surface area contributed by atoms with E-state index in [0.717, 1.165) is 5.69 Å². The van der Waals surface area contributed by atoms with Crippen molar-refractivity contribution in [2.75, 3.05) is 10.6 Å². The Morgan fingerprint density at radius 1 is 0.714 bits per heavy atom. The molecule has 0 aliphatic rings. The zero-order valence-electron chi connectivity index (χ0n) is 14.8. The van der Waals surface area contributed by atoms with E-state index in [1.165, 1.54) is 6.26 Å². The van der Waals surface area contributed by atoms with Crippen LogP contribution in [0.3, 0.4) is 0 Å². The molecule has 0 unspecified atom stereocenters. The van der Waals surface area contributed by atoms with Gasteiger partial charge in [-0.2, -0.15) is 0 Å². The number of nitrogens with one attached hydrogen (secondary N) is 2. The van der Waals surface area contributed by atoms with Crippen LogP contribution in [0.2, 0.25) is 0 Å². The van der Waals surface area contributed by atoms with E-state index in [0.29, 0.717) is 16.9 Å². The minimum atomic E-state index is -0.329. The predicted octanol–water partition coefficient (Wildman–Crippen LogP) is 4.57. The van der Waals surface area contributed by atoms with Crippen molar-refractivity contribution in [3.8, 4) is 5.69 Å². The molecule has 0 atom stereocenters. The summed E-state index contributed by atoms with van der Waals surface area (Å²) in [4.78, 5) is 24.4. The summed E-state index contributed by atoms with van der Waals surface area (Å²) in [6.07, 6.45) is 5.33. The fraction of sp³-hybridized carbons (Fsp3) is 0. The number of amides is 2. The second-order valence-electron chi connectivity index (χ2n) is 6.10. The van der Waals surface area contributed by atoms with Gasteiger partial charge in [-0.25, -0.2) is 0 Å². The third kappa shape index (κ3) is 3.86. The summed E-state index contributed by atoms with van der Waals surface area (Å²) < 4.78 is 7.02. The number of rotatable bonds is 5. The lowest BCUT2D eigenvalue weighted by molar-refractivity contribution is 0.0994. The molecule has 2 heterocycles. The quantitative estimate of drug-likeness (QED) is 0.539. The molecule has 0 spiro atoms. The standard InChI is InChI=1S/C22H17N3O3/c26-21(16-5-11-19(12-6-16)25-13-1-2-14-25)23-17-7-9-18(10-8-17)24-22(27)20-4-3-15-28-20/h1-15H,(H,23,26)(H,24,27). The van der Waals surface area contributed by atoms with Crippen LogP contribution in [0.5, 0.6) is 0 Å². The van der Waals surface area contributed by atoms with Crippen LogP contribution in [0.4, 0.5) is 11.4 Å². The Bertz CT molecular complexity index is 1070. The van der Waals surface area contributed by atoms with Gasteiger partial charge in [0.15, 0.2) is 5.76 Å². The maximum atomic E-state index is 12.4. The van der Waals surface area contributed by atoms with Crippen LogP contribution < -0.4 is 10.6 Å². The van der Waals surface area contributed by atoms with Crippen LogP contribution in [-0.4, -0.2) is 16.4 Å². The van der Waals surface area contributed by atoms with Crippen LogP contribution in [0, 0.1) is 0 Å². The lowest BCUT2D eigenvalue weighted by Crippen LogP contribution is -2.13. The molecular formula is C22H17N3O3. The van der Waals surface area contributed by atoms with Gasteiger partial charge >= 0.3 is 0 Å². The second kappa shape index (κ2) is 7.67. The highest BCUT2D eigenvalue weighted by atomic mass is 16.3. The van der Waals surface area contributed by atoms with Gasteiger partial charge in [-0.1, -0.05) is 0 Å². The molecule has 2 aromatic carbocycles. The summed E-state index contributed by atoms with van der Waals surface area (Å²) in [5.74, 6) is -0.295. The van der Waals surface area contributed by atoms with E-state index in [1.54, 1.807) is 48.5 Å². The van der Waals surface area contributed by atoms with E-state index in [-0.39, 0.29) is 17.6 Å². The minimum Gasteiger partial charge on any atom is -0.459 e. The molecule has 2 N–H and O–H groups in total. The Hall–Kier alpha value is -4.06. The first-order valence-corrected chi connectivity index (χ1v) is 8.69. The summed E-state index contributed by atoms with van der Waals surface area (Å²) in [6, 6.07) is 21.4. The van der Waals surface area contributed by atoms with Crippen LogP contribution >= 0.6 is 0 Å².